The average molecular weight is 236 g/mol. The average Bonchev–Trinajstić information content (AvgIpc) is 2.15. The Morgan fingerprint density at radius 2 is 2.33 bits per heavy atom. The van der Waals surface area contributed by atoms with Crippen molar-refractivity contribution in [2.45, 2.75) is 25.3 Å². The Morgan fingerprint density at radius 3 is 3.00 bits per heavy atom. The Labute approximate surface area is 83.4 Å². The summed E-state index contributed by atoms with van der Waals surface area (Å²) in [7, 11) is 1.77. The lowest BCUT2D eigenvalue weighted by molar-refractivity contribution is 0.106. The number of alkyl halides is 1. The fraction of sp³-hybridized carbons (Fsp3) is 1.00. The van der Waals surface area contributed by atoms with Crippen LogP contribution in [0.4, 0.5) is 0 Å². The van der Waals surface area contributed by atoms with Gasteiger partial charge in [0.15, 0.2) is 0 Å². The zero-order valence-corrected chi connectivity index (χ0v) is 9.35. The van der Waals surface area contributed by atoms with E-state index in [4.69, 9.17) is 4.74 Å². The maximum absolute atomic E-state index is 5.08. The van der Waals surface area contributed by atoms with Crippen molar-refractivity contribution in [1.29, 1.82) is 0 Å². The van der Waals surface area contributed by atoms with Crippen molar-refractivity contribution >= 4 is 15.9 Å². The first-order chi connectivity index (χ1) is 5.88. The van der Waals surface area contributed by atoms with Gasteiger partial charge in [-0.25, -0.2) is 0 Å². The van der Waals surface area contributed by atoms with Crippen LogP contribution in [-0.2, 0) is 4.74 Å². The summed E-state index contributed by atoms with van der Waals surface area (Å²) in [6, 6.07) is 0.744. The van der Waals surface area contributed by atoms with Crippen LogP contribution in [-0.4, -0.2) is 43.1 Å². The predicted molar refractivity (Wildman–Crippen MR) is 54.9 cm³/mol. The lowest BCUT2D eigenvalue weighted by Crippen LogP contribution is -2.42. The second-order valence-corrected chi connectivity index (χ2v) is 3.98. The molecular weight excluding hydrogens is 218 g/mol. The molecule has 12 heavy (non-hydrogen) atoms. The van der Waals surface area contributed by atoms with Crippen LogP contribution in [0.3, 0.4) is 0 Å². The number of hydrogen-bond acceptors (Lipinski definition) is 2. The molecule has 0 aliphatic carbocycles. The van der Waals surface area contributed by atoms with E-state index < -0.39 is 0 Å². The van der Waals surface area contributed by atoms with Gasteiger partial charge in [-0.05, 0) is 19.4 Å². The van der Waals surface area contributed by atoms with E-state index in [2.05, 4.69) is 20.8 Å². The summed E-state index contributed by atoms with van der Waals surface area (Å²) in [6.45, 7) is 3.20. The van der Waals surface area contributed by atoms with Gasteiger partial charge < -0.3 is 4.74 Å². The van der Waals surface area contributed by atoms with Crippen molar-refractivity contribution in [2.75, 3.05) is 32.1 Å². The normalized spacial score (nSPS) is 26.0. The van der Waals surface area contributed by atoms with Gasteiger partial charge >= 0.3 is 0 Å². The molecule has 0 radical (unpaired) electrons. The van der Waals surface area contributed by atoms with E-state index in [-0.39, 0.29) is 0 Å². The molecule has 0 spiro atoms. The predicted octanol–water partition coefficient (Wildman–Crippen LogP) is 1.88. The first-order valence-electron chi connectivity index (χ1n) is 4.67. The highest BCUT2D eigenvalue weighted by atomic mass is 79.9. The third-order valence-corrected chi connectivity index (χ3v) is 3.26. The number of nitrogens with zero attached hydrogens (tertiary/aromatic N) is 1. The molecule has 1 saturated heterocycles. The molecule has 0 aromatic heterocycles. The number of methoxy groups -OCH3 is 1. The lowest BCUT2D eigenvalue weighted by Gasteiger charge is -2.34. The van der Waals surface area contributed by atoms with Crippen molar-refractivity contribution in [2.24, 2.45) is 0 Å². The van der Waals surface area contributed by atoms with Crippen LogP contribution in [0.15, 0.2) is 0 Å². The van der Waals surface area contributed by atoms with Crippen LogP contribution in [0.1, 0.15) is 19.3 Å². The van der Waals surface area contributed by atoms with Crippen molar-refractivity contribution < 1.29 is 4.74 Å². The Bertz CT molecular complexity index is 121. The summed E-state index contributed by atoms with van der Waals surface area (Å²) < 4.78 is 5.08. The Morgan fingerprint density at radius 1 is 1.50 bits per heavy atom. The Kier molecular flexibility index (Phi) is 5.19. The molecule has 1 aliphatic rings. The summed E-state index contributed by atoms with van der Waals surface area (Å²) >= 11 is 3.56. The fourth-order valence-corrected chi connectivity index (χ4v) is 2.47. The minimum absolute atomic E-state index is 0.744. The fourth-order valence-electron chi connectivity index (χ4n) is 1.74. The van der Waals surface area contributed by atoms with Gasteiger partial charge in [-0.1, -0.05) is 22.4 Å². The van der Waals surface area contributed by atoms with E-state index >= 15 is 0 Å². The van der Waals surface area contributed by atoms with E-state index in [1.165, 1.54) is 25.8 Å². The minimum Gasteiger partial charge on any atom is -0.383 e. The maximum Gasteiger partial charge on any atom is 0.0589 e. The van der Waals surface area contributed by atoms with Crippen LogP contribution < -0.4 is 0 Å². The van der Waals surface area contributed by atoms with E-state index in [0.29, 0.717) is 0 Å². The van der Waals surface area contributed by atoms with E-state index in [1.807, 2.05) is 0 Å². The molecule has 1 unspecified atom stereocenters. The monoisotopic (exact) mass is 235 g/mol. The molecule has 1 aliphatic heterocycles. The molecule has 0 bridgehead atoms. The van der Waals surface area contributed by atoms with Crippen molar-refractivity contribution in [3.05, 3.63) is 0 Å². The van der Waals surface area contributed by atoms with Crippen LogP contribution in [0.5, 0.6) is 0 Å². The van der Waals surface area contributed by atoms with Crippen LogP contribution in [0.2, 0.25) is 0 Å². The van der Waals surface area contributed by atoms with Crippen molar-refractivity contribution in [3.63, 3.8) is 0 Å². The largest absolute Gasteiger partial charge is 0.383 e. The summed E-state index contributed by atoms with van der Waals surface area (Å²) in [5.74, 6) is 0. The summed E-state index contributed by atoms with van der Waals surface area (Å²) in [5.41, 5.74) is 0. The summed E-state index contributed by atoms with van der Waals surface area (Å²) in [6.07, 6.45) is 4.09. The van der Waals surface area contributed by atoms with Gasteiger partial charge in [0.05, 0.1) is 6.61 Å². The standard InChI is InChI=1S/C9H18BrNO/c1-12-7-6-11-5-3-2-4-9(11)8-10/h9H,2-8H2,1H3. The minimum atomic E-state index is 0.744. The Balaban J connectivity index is 2.26. The van der Waals surface area contributed by atoms with Gasteiger partial charge in [-0.15, -0.1) is 0 Å². The van der Waals surface area contributed by atoms with Gasteiger partial charge in [0.1, 0.15) is 0 Å². The molecule has 72 valence electrons. The Hall–Kier alpha value is 0.400. The first-order valence-corrected chi connectivity index (χ1v) is 5.79. The molecule has 0 aromatic carbocycles. The number of halogens is 1. The number of rotatable bonds is 4. The molecule has 3 heteroatoms. The molecule has 0 N–H and O–H groups in total. The highest BCUT2D eigenvalue weighted by Gasteiger charge is 2.20. The number of ether oxygens (including phenoxy) is 1. The molecular formula is C9H18BrNO. The molecule has 0 amide bonds. The number of piperidine rings is 1. The smallest absolute Gasteiger partial charge is 0.0589 e. The highest BCUT2D eigenvalue weighted by molar-refractivity contribution is 9.09. The maximum atomic E-state index is 5.08. The second-order valence-electron chi connectivity index (χ2n) is 3.33. The zero-order valence-electron chi connectivity index (χ0n) is 7.76. The van der Waals surface area contributed by atoms with Crippen LogP contribution in [0.25, 0.3) is 0 Å². The molecule has 1 atom stereocenters. The first kappa shape index (κ1) is 10.5. The molecule has 1 heterocycles. The van der Waals surface area contributed by atoms with Crippen LogP contribution in [0, 0.1) is 0 Å². The lowest BCUT2D eigenvalue weighted by atomic mass is 10.0. The van der Waals surface area contributed by atoms with Crippen LogP contribution >= 0.6 is 15.9 Å². The zero-order chi connectivity index (χ0) is 8.81. The van der Waals surface area contributed by atoms with Gasteiger partial charge in [-0.2, -0.15) is 0 Å². The molecule has 0 saturated carbocycles. The summed E-state index contributed by atoms with van der Waals surface area (Å²) in [5, 5.41) is 1.11. The molecule has 0 aromatic rings. The van der Waals surface area contributed by atoms with E-state index in [0.717, 1.165) is 24.5 Å². The molecule has 2 nitrogen and oxygen atoms in total. The highest BCUT2D eigenvalue weighted by Crippen LogP contribution is 2.17. The quantitative estimate of drug-likeness (QED) is 0.691. The molecule has 1 rings (SSSR count). The topological polar surface area (TPSA) is 12.5 Å². The van der Waals surface area contributed by atoms with Gasteiger partial charge in [0.25, 0.3) is 0 Å². The van der Waals surface area contributed by atoms with Gasteiger partial charge in [0, 0.05) is 25.0 Å². The summed E-state index contributed by atoms with van der Waals surface area (Å²) in [4.78, 5) is 2.53. The van der Waals surface area contributed by atoms with E-state index in [1.54, 1.807) is 7.11 Å². The third kappa shape index (κ3) is 3.04. The third-order valence-electron chi connectivity index (χ3n) is 2.51. The van der Waals surface area contributed by atoms with Gasteiger partial charge in [0.2, 0.25) is 0 Å². The number of hydrogen-bond donors (Lipinski definition) is 0. The van der Waals surface area contributed by atoms with Crippen molar-refractivity contribution in [3.8, 4) is 0 Å². The second kappa shape index (κ2) is 5.95. The number of likely N-dealkylation sites (tertiary alicyclic amines) is 1. The van der Waals surface area contributed by atoms with Crippen molar-refractivity contribution in [1.82, 2.24) is 4.90 Å². The SMILES string of the molecule is COCCN1CCCCC1CBr. The van der Waals surface area contributed by atoms with Gasteiger partial charge in [-0.3, -0.25) is 4.90 Å². The van der Waals surface area contributed by atoms with E-state index in [9.17, 15) is 0 Å². The molecule has 1 fully saturated rings.